The Morgan fingerprint density at radius 1 is 0.826 bits per heavy atom. The molecule has 0 spiro atoms. The number of rotatable bonds is 3. The number of nitriles is 1. The van der Waals surface area contributed by atoms with Crippen molar-refractivity contribution in [1.29, 1.82) is 5.26 Å². The summed E-state index contributed by atoms with van der Waals surface area (Å²) in [6.07, 6.45) is 13.6. The van der Waals surface area contributed by atoms with Crippen molar-refractivity contribution in [1.82, 2.24) is 0 Å². The molecule has 0 bridgehead atoms. The maximum absolute atomic E-state index is 14.9. The third kappa shape index (κ3) is 4.09. The minimum Gasteiger partial charge on any atom is -0.247 e. The van der Waals surface area contributed by atoms with Crippen LogP contribution in [0.1, 0.15) is 84.0 Å². The van der Waals surface area contributed by atoms with Crippen LogP contribution in [0.25, 0.3) is 0 Å². The summed E-state index contributed by atoms with van der Waals surface area (Å²) in [7, 11) is 0. The summed E-state index contributed by atoms with van der Waals surface area (Å²) in [5.41, 5.74) is 0. The molecule has 0 aliphatic heterocycles. The van der Waals surface area contributed by atoms with Crippen LogP contribution >= 0.6 is 0 Å². The molecule has 0 N–H and O–H groups in total. The monoisotopic (exact) mass is 319 g/mol. The Labute approximate surface area is 142 Å². The van der Waals surface area contributed by atoms with E-state index < -0.39 is 6.17 Å². The molecule has 3 aliphatic carbocycles. The molecule has 0 heterocycles. The Bertz CT molecular complexity index is 399. The minimum atomic E-state index is -0.550. The van der Waals surface area contributed by atoms with E-state index in [1.54, 1.807) is 0 Å². The van der Waals surface area contributed by atoms with Crippen molar-refractivity contribution in [3.63, 3.8) is 0 Å². The van der Waals surface area contributed by atoms with E-state index in [4.69, 9.17) is 5.26 Å². The highest BCUT2D eigenvalue weighted by atomic mass is 19.1. The molecule has 1 nitrogen and oxygen atoms in total. The van der Waals surface area contributed by atoms with Gasteiger partial charge in [0.15, 0.2) is 0 Å². The molecule has 3 rings (SSSR count). The van der Waals surface area contributed by atoms with E-state index in [0.717, 1.165) is 31.6 Å². The highest BCUT2D eigenvalue weighted by Crippen LogP contribution is 2.47. The van der Waals surface area contributed by atoms with Gasteiger partial charge in [0.2, 0.25) is 0 Å². The average Bonchev–Trinajstić information content (AvgIpc) is 2.62. The van der Waals surface area contributed by atoms with E-state index in [1.807, 2.05) is 0 Å². The molecule has 130 valence electrons. The van der Waals surface area contributed by atoms with Crippen molar-refractivity contribution in [3.05, 3.63) is 0 Å². The lowest BCUT2D eigenvalue weighted by molar-refractivity contribution is 0.0347. The maximum atomic E-state index is 14.9. The molecule has 0 radical (unpaired) electrons. The molecule has 3 unspecified atom stereocenters. The van der Waals surface area contributed by atoms with Crippen molar-refractivity contribution >= 4 is 0 Å². The highest BCUT2D eigenvalue weighted by Gasteiger charge is 2.39. The van der Waals surface area contributed by atoms with E-state index >= 15 is 0 Å². The predicted octanol–water partition coefficient (Wildman–Crippen LogP) is 6.29. The van der Waals surface area contributed by atoms with E-state index in [9.17, 15) is 4.39 Å². The van der Waals surface area contributed by atoms with Crippen molar-refractivity contribution in [2.24, 2.45) is 35.5 Å². The minimum absolute atomic E-state index is 0.275. The Kier molecular flexibility index (Phi) is 6.00. The molecule has 0 aromatic heterocycles. The van der Waals surface area contributed by atoms with Crippen LogP contribution in [0.15, 0.2) is 0 Å². The van der Waals surface area contributed by atoms with E-state index in [2.05, 4.69) is 13.0 Å². The number of hydrogen-bond acceptors (Lipinski definition) is 1. The van der Waals surface area contributed by atoms with E-state index in [1.165, 1.54) is 51.4 Å². The van der Waals surface area contributed by atoms with Crippen LogP contribution in [0.3, 0.4) is 0 Å². The van der Waals surface area contributed by atoms with Crippen LogP contribution in [-0.2, 0) is 0 Å². The summed E-state index contributed by atoms with van der Waals surface area (Å²) in [5.74, 6) is 3.53. The summed E-state index contributed by atoms with van der Waals surface area (Å²) < 4.78 is 14.9. The summed E-state index contributed by atoms with van der Waals surface area (Å²) in [5, 5.41) is 9.04. The molecule has 3 aliphatic rings. The van der Waals surface area contributed by atoms with E-state index in [-0.39, 0.29) is 5.92 Å². The zero-order valence-electron chi connectivity index (χ0n) is 14.9. The van der Waals surface area contributed by atoms with Gasteiger partial charge in [0.1, 0.15) is 6.17 Å². The van der Waals surface area contributed by atoms with Crippen molar-refractivity contribution < 1.29 is 4.39 Å². The van der Waals surface area contributed by atoms with Gasteiger partial charge in [-0.1, -0.05) is 26.2 Å². The lowest BCUT2D eigenvalue weighted by Crippen LogP contribution is -2.36. The van der Waals surface area contributed by atoms with Crippen LogP contribution in [-0.4, -0.2) is 6.17 Å². The molecule has 0 aromatic carbocycles. The normalized spacial score (nSPS) is 45.3. The molecule has 0 aromatic rings. The number of alkyl halides is 1. The molecule has 3 atom stereocenters. The standard InChI is InChI=1S/C21H34FN/c1-2-15-3-9-18(10-4-15)20-12-11-19(13-21(20)22)17-7-5-16(14-23)6-8-17/h15-21H,2-13H2,1H3. The van der Waals surface area contributed by atoms with Crippen molar-refractivity contribution in [3.8, 4) is 6.07 Å². The molecule has 23 heavy (non-hydrogen) atoms. The van der Waals surface area contributed by atoms with Gasteiger partial charge in [-0.05, 0) is 87.4 Å². The van der Waals surface area contributed by atoms with Crippen LogP contribution in [0, 0.1) is 46.8 Å². The first-order chi connectivity index (χ1) is 11.2. The van der Waals surface area contributed by atoms with Gasteiger partial charge in [0.05, 0.1) is 6.07 Å². The maximum Gasteiger partial charge on any atom is 0.103 e. The fraction of sp³-hybridized carbons (Fsp3) is 0.952. The topological polar surface area (TPSA) is 23.8 Å². The predicted molar refractivity (Wildman–Crippen MR) is 92.5 cm³/mol. The zero-order chi connectivity index (χ0) is 16.2. The number of hydrogen-bond donors (Lipinski definition) is 0. The Morgan fingerprint density at radius 3 is 2.00 bits per heavy atom. The average molecular weight is 320 g/mol. The quantitative estimate of drug-likeness (QED) is 0.600. The first kappa shape index (κ1) is 17.2. The largest absolute Gasteiger partial charge is 0.247 e. The van der Waals surface area contributed by atoms with Gasteiger partial charge in [-0.25, -0.2) is 4.39 Å². The summed E-state index contributed by atoms with van der Waals surface area (Å²) in [4.78, 5) is 0. The summed E-state index contributed by atoms with van der Waals surface area (Å²) >= 11 is 0. The second-order valence-electron chi connectivity index (χ2n) is 8.68. The van der Waals surface area contributed by atoms with Crippen LogP contribution in [0.2, 0.25) is 0 Å². The van der Waals surface area contributed by atoms with Gasteiger partial charge < -0.3 is 0 Å². The van der Waals surface area contributed by atoms with Crippen LogP contribution < -0.4 is 0 Å². The van der Waals surface area contributed by atoms with E-state index in [0.29, 0.717) is 23.7 Å². The van der Waals surface area contributed by atoms with Crippen molar-refractivity contribution in [2.75, 3.05) is 0 Å². The lowest BCUT2D eigenvalue weighted by atomic mass is 9.64. The zero-order valence-corrected chi connectivity index (χ0v) is 14.9. The summed E-state index contributed by atoms with van der Waals surface area (Å²) in [6, 6.07) is 2.42. The molecule has 0 amide bonds. The molecule has 2 heteroatoms. The third-order valence-corrected chi connectivity index (χ3v) is 7.56. The fourth-order valence-electron chi connectivity index (χ4n) is 5.87. The van der Waals surface area contributed by atoms with Gasteiger partial charge in [0, 0.05) is 5.92 Å². The lowest BCUT2D eigenvalue weighted by Gasteiger charge is -2.42. The second kappa shape index (κ2) is 8.00. The smallest absolute Gasteiger partial charge is 0.103 e. The molecule has 3 fully saturated rings. The molecule has 3 saturated carbocycles. The van der Waals surface area contributed by atoms with Gasteiger partial charge >= 0.3 is 0 Å². The Balaban J connectivity index is 1.47. The number of nitrogens with zero attached hydrogens (tertiary/aromatic N) is 1. The Hall–Kier alpha value is -0.580. The second-order valence-corrected chi connectivity index (χ2v) is 8.68. The van der Waals surface area contributed by atoms with Gasteiger partial charge in [-0.3, -0.25) is 0 Å². The van der Waals surface area contributed by atoms with Gasteiger partial charge in [-0.2, -0.15) is 5.26 Å². The van der Waals surface area contributed by atoms with Crippen LogP contribution in [0.4, 0.5) is 4.39 Å². The molecule has 0 saturated heterocycles. The van der Waals surface area contributed by atoms with Crippen LogP contribution in [0.5, 0.6) is 0 Å². The highest BCUT2D eigenvalue weighted by molar-refractivity contribution is 4.92. The SMILES string of the molecule is CCC1CCC(C2CCC(C3CCC(C#N)CC3)CC2F)CC1. The third-order valence-electron chi connectivity index (χ3n) is 7.56. The first-order valence-corrected chi connectivity index (χ1v) is 10.2. The first-order valence-electron chi connectivity index (χ1n) is 10.2. The van der Waals surface area contributed by atoms with Gasteiger partial charge in [-0.15, -0.1) is 0 Å². The van der Waals surface area contributed by atoms with Crippen molar-refractivity contribution in [2.45, 2.75) is 90.1 Å². The Morgan fingerprint density at radius 2 is 1.43 bits per heavy atom. The van der Waals surface area contributed by atoms with Gasteiger partial charge in [0.25, 0.3) is 0 Å². The number of halogens is 1. The molecular weight excluding hydrogens is 285 g/mol. The summed E-state index contributed by atoms with van der Waals surface area (Å²) in [6.45, 7) is 2.30. The molecular formula is C21H34FN. The fourth-order valence-corrected chi connectivity index (χ4v) is 5.87.